The zero-order chi connectivity index (χ0) is 13.2. The van der Waals surface area contributed by atoms with E-state index in [9.17, 15) is 4.79 Å². The highest BCUT2D eigenvalue weighted by Gasteiger charge is 2.31. The number of fused-ring (bicyclic) bond motifs is 1. The molecule has 1 N–H and O–H groups in total. The molecule has 2 aliphatic rings. The standard InChI is InChI=1S/C14H18N4O/c15-8-11-7-13(16-9-11)14(19)18-6-2-5-17-4-1-3-12(17)10-18/h7,9,12,16H,1-6,10H2/t12-/m0/s1. The van der Waals surface area contributed by atoms with Gasteiger partial charge in [0.05, 0.1) is 5.56 Å². The van der Waals surface area contributed by atoms with Crippen LogP contribution in [0.2, 0.25) is 0 Å². The van der Waals surface area contributed by atoms with E-state index in [2.05, 4.69) is 9.88 Å². The SMILES string of the molecule is N#Cc1c[nH]c(C(=O)N2CCCN3CCC[C@H]3C2)c1. The molecule has 5 heteroatoms. The highest BCUT2D eigenvalue weighted by molar-refractivity contribution is 5.92. The maximum absolute atomic E-state index is 12.4. The van der Waals surface area contributed by atoms with Gasteiger partial charge in [0.1, 0.15) is 11.8 Å². The Labute approximate surface area is 112 Å². The Morgan fingerprint density at radius 2 is 2.21 bits per heavy atom. The van der Waals surface area contributed by atoms with Gasteiger partial charge in [-0.05, 0) is 31.9 Å². The summed E-state index contributed by atoms with van der Waals surface area (Å²) in [4.78, 5) is 19.8. The zero-order valence-electron chi connectivity index (χ0n) is 10.9. The lowest BCUT2D eigenvalue weighted by molar-refractivity contribution is 0.0738. The van der Waals surface area contributed by atoms with Gasteiger partial charge in [-0.1, -0.05) is 0 Å². The Kier molecular flexibility index (Phi) is 3.26. The van der Waals surface area contributed by atoms with Crippen LogP contribution in [0.5, 0.6) is 0 Å². The quantitative estimate of drug-likeness (QED) is 0.823. The molecule has 1 atom stereocenters. The Morgan fingerprint density at radius 3 is 3.00 bits per heavy atom. The molecular formula is C14H18N4O. The Hall–Kier alpha value is -1.80. The monoisotopic (exact) mass is 258 g/mol. The van der Waals surface area contributed by atoms with Gasteiger partial charge in [0.15, 0.2) is 0 Å². The molecule has 1 amide bonds. The van der Waals surface area contributed by atoms with E-state index >= 15 is 0 Å². The predicted octanol–water partition coefficient (Wildman–Crippen LogP) is 1.20. The number of carbonyl (C=O) groups is 1. The van der Waals surface area contributed by atoms with Gasteiger partial charge < -0.3 is 9.88 Å². The van der Waals surface area contributed by atoms with Crippen LogP contribution >= 0.6 is 0 Å². The van der Waals surface area contributed by atoms with E-state index in [0.717, 1.165) is 26.1 Å². The van der Waals surface area contributed by atoms with Crippen molar-refractivity contribution in [3.8, 4) is 6.07 Å². The van der Waals surface area contributed by atoms with Crippen LogP contribution in [0.25, 0.3) is 0 Å². The number of hydrogen-bond acceptors (Lipinski definition) is 3. The van der Waals surface area contributed by atoms with Crippen LogP contribution in [0.1, 0.15) is 35.3 Å². The summed E-state index contributed by atoms with van der Waals surface area (Å²) in [6, 6.07) is 4.21. The molecule has 2 aliphatic heterocycles. The minimum absolute atomic E-state index is 0.0234. The lowest BCUT2D eigenvalue weighted by Crippen LogP contribution is -2.39. The summed E-state index contributed by atoms with van der Waals surface area (Å²) < 4.78 is 0. The molecule has 19 heavy (non-hydrogen) atoms. The minimum atomic E-state index is 0.0234. The second-order valence-corrected chi connectivity index (χ2v) is 5.35. The first-order valence-electron chi connectivity index (χ1n) is 6.90. The van der Waals surface area contributed by atoms with E-state index in [1.54, 1.807) is 12.3 Å². The summed E-state index contributed by atoms with van der Waals surface area (Å²) in [7, 11) is 0. The van der Waals surface area contributed by atoms with Gasteiger partial charge in [0.25, 0.3) is 5.91 Å². The van der Waals surface area contributed by atoms with Gasteiger partial charge >= 0.3 is 0 Å². The molecule has 0 bridgehead atoms. The number of hydrogen-bond donors (Lipinski definition) is 1. The smallest absolute Gasteiger partial charge is 0.270 e. The first kappa shape index (κ1) is 12.2. The third-order valence-corrected chi connectivity index (χ3v) is 4.13. The van der Waals surface area contributed by atoms with Crippen LogP contribution in [0.15, 0.2) is 12.3 Å². The van der Waals surface area contributed by atoms with Crippen molar-refractivity contribution in [2.45, 2.75) is 25.3 Å². The average Bonchev–Trinajstić information content (AvgIpc) is 3.03. The molecule has 0 saturated carbocycles. The van der Waals surface area contributed by atoms with Crippen molar-refractivity contribution in [1.29, 1.82) is 5.26 Å². The summed E-state index contributed by atoms with van der Waals surface area (Å²) in [5, 5.41) is 8.81. The fraction of sp³-hybridized carbons (Fsp3) is 0.571. The predicted molar refractivity (Wildman–Crippen MR) is 70.6 cm³/mol. The fourth-order valence-corrected chi connectivity index (χ4v) is 3.14. The number of aromatic amines is 1. The zero-order valence-corrected chi connectivity index (χ0v) is 10.9. The van der Waals surface area contributed by atoms with Gasteiger partial charge in [-0.15, -0.1) is 0 Å². The number of H-pyrrole nitrogens is 1. The Bertz CT molecular complexity index is 516. The van der Waals surface area contributed by atoms with Gasteiger partial charge in [0, 0.05) is 31.9 Å². The first-order valence-corrected chi connectivity index (χ1v) is 6.90. The van der Waals surface area contributed by atoms with Crippen molar-refractivity contribution in [2.75, 3.05) is 26.2 Å². The van der Waals surface area contributed by atoms with Crippen LogP contribution in [0.4, 0.5) is 0 Å². The van der Waals surface area contributed by atoms with Crippen molar-refractivity contribution in [3.63, 3.8) is 0 Å². The molecule has 1 aromatic heterocycles. The number of amides is 1. The molecule has 2 fully saturated rings. The number of rotatable bonds is 1. The molecule has 3 rings (SSSR count). The van der Waals surface area contributed by atoms with Crippen LogP contribution in [-0.2, 0) is 0 Å². The third-order valence-electron chi connectivity index (χ3n) is 4.13. The van der Waals surface area contributed by atoms with Crippen molar-refractivity contribution in [3.05, 3.63) is 23.5 Å². The highest BCUT2D eigenvalue weighted by atomic mass is 16.2. The van der Waals surface area contributed by atoms with E-state index in [1.165, 1.54) is 19.4 Å². The average molecular weight is 258 g/mol. The molecule has 1 aromatic rings. The van der Waals surface area contributed by atoms with Crippen LogP contribution in [-0.4, -0.2) is 52.9 Å². The molecule has 0 aromatic carbocycles. The van der Waals surface area contributed by atoms with E-state index in [0.29, 0.717) is 17.3 Å². The largest absolute Gasteiger partial charge is 0.356 e. The highest BCUT2D eigenvalue weighted by Crippen LogP contribution is 2.22. The maximum Gasteiger partial charge on any atom is 0.270 e. The Balaban J connectivity index is 1.74. The number of nitrogens with zero attached hydrogens (tertiary/aromatic N) is 3. The third kappa shape index (κ3) is 2.36. The van der Waals surface area contributed by atoms with Crippen molar-refractivity contribution < 1.29 is 4.79 Å². The summed E-state index contributed by atoms with van der Waals surface area (Å²) in [5.74, 6) is 0.0234. The molecule has 3 heterocycles. The van der Waals surface area contributed by atoms with Gasteiger partial charge in [-0.2, -0.15) is 5.26 Å². The fourth-order valence-electron chi connectivity index (χ4n) is 3.14. The lowest BCUT2D eigenvalue weighted by atomic mass is 10.2. The molecule has 0 unspecified atom stereocenters. The number of aromatic nitrogens is 1. The van der Waals surface area contributed by atoms with E-state index in [-0.39, 0.29) is 5.91 Å². The lowest BCUT2D eigenvalue weighted by Gasteiger charge is -2.25. The molecule has 0 spiro atoms. The minimum Gasteiger partial charge on any atom is -0.356 e. The maximum atomic E-state index is 12.4. The summed E-state index contributed by atoms with van der Waals surface area (Å²) >= 11 is 0. The first-order chi connectivity index (χ1) is 9.28. The molecule has 0 aliphatic carbocycles. The topological polar surface area (TPSA) is 63.1 Å². The van der Waals surface area contributed by atoms with Gasteiger partial charge in [-0.3, -0.25) is 9.69 Å². The number of nitrogens with one attached hydrogen (secondary N) is 1. The van der Waals surface area contributed by atoms with Gasteiger partial charge in [-0.25, -0.2) is 0 Å². The van der Waals surface area contributed by atoms with Crippen LogP contribution in [0.3, 0.4) is 0 Å². The molecule has 100 valence electrons. The van der Waals surface area contributed by atoms with E-state index in [4.69, 9.17) is 5.26 Å². The van der Waals surface area contributed by atoms with E-state index in [1.807, 2.05) is 11.0 Å². The Morgan fingerprint density at radius 1 is 1.37 bits per heavy atom. The van der Waals surface area contributed by atoms with Crippen molar-refractivity contribution in [1.82, 2.24) is 14.8 Å². The number of carbonyl (C=O) groups excluding carboxylic acids is 1. The van der Waals surface area contributed by atoms with Crippen molar-refractivity contribution >= 4 is 5.91 Å². The molecule has 0 radical (unpaired) electrons. The van der Waals surface area contributed by atoms with Gasteiger partial charge in [0.2, 0.25) is 0 Å². The van der Waals surface area contributed by atoms with Crippen molar-refractivity contribution in [2.24, 2.45) is 0 Å². The second-order valence-electron chi connectivity index (χ2n) is 5.35. The van der Waals surface area contributed by atoms with Crippen LogP contribution in [0, 0.1) is 11.3 Å². The number of nitriles is 1. The summed E-state index contributed by atoms with van der Waals surface area (Å²) in [6.45, 7) is 3.91. The summed E-state index contributed by atoms with van der Waals surface area (Å²) in [5.41, 5.74) is 1.05. The van der Waals surface area contributed by atoms with Crippen LogP contribution < -0.4 is 0 Å². The van der Waals surface area contributed by atoms with E-state index < -0.39 is 0 Å². The molecule has 2 saturated heterocycles. The normalized spacial score (nSPS) is 23.7. The molecule has 5 nitrogen and oxygen atoms in total. The summed E-state index contributed by atoms with van der Waals surface area (Å²) in [6.07, 6.45) is 5.06. The second kappa shape index (κ2) is 5.06. The molecular weight excluding hydrogens is 240 g/mol.